The third kappa shape index (κ3) is 2.61. The van der Waals surface area contributed by atoms with Gasteiger partial charge < -0.3 is 26.2 Å². The normalized spacial score (nSPS) is 24.2. The molecule has 2 amide bonds. The van der Waals surface area contributed by atoms with Crippen LogP contribution in [0.5, 0.6) is 5.75 Å². The average molecular weight is 409 g/mol. The fourth-order valence-electron chi connectivity index (χ4n) is 4.29. The number of benzene rings is 2. The second kappa shape index (κ2) is 6.22. The third-order valence-corrected chi connectivity index (χ3v) is 5.66. The first-order valence-electron chi connectivity index (χ1n) is 10.0. The third-order valence-electron chi connectivity index (χ3n) is 5.66. The van der Waals surface area contributed by atoms with Crippen molar-refractivity contribution in [2.45, 2.75) is 57.4 Å². The SMILES string of the molecule is CC(C)c1ccc2c(c1)OC1(O)c3cccc(N)c3C(=O)C21NC(=O)NC(C)(C)C. The molecule has 158 valence electrons. The zero-order valence-corrected chi connectivity index (χ0v) is 17.8. The van der Waals surface area contributed by atoms with Crippen molar-refractivity contribution >= 4 is 17.5 Å². The van der Waals surface area contributed by atoms with Gasteiger partial charge in [0.2, 0.25) is 11.3 Å². The summed E-state index contributed by atoms with van der Waals surface area (Å²) in [6, 6.07) is 9.67. The predicted octanol–water partition coefficient (Wildman–Crippen LogP) is 3.12. The van der Waals surface area contributed by atoms with Crippen LogP contribution in [0.4, 0.5) is 10.5 Å². The number of carbonyl (C=O) groups is 2. The largest absolute Gasteiger partial charge is 0.454 e. The highest BCUT2D eigenvalue weighted by atomic mass is 16.6. The Hall–Kier alpha value is -3.06. The van der Waals surface area contributed by atoms with Gasteiger partial charge in [0.15, 0.2) is 0 Å². The summed E-state index contributed by atoms with van der Waals surface area (Å²) >= 11 is 0. The van der Waals surface area contributed by atoms with Crippen molar-refractivity contribution in [1.29, 1.82) is 0 Å². The number of anilines is 1. The number of ether oxygens (including phenoxy) is 1. The molecule has 2 aromatic carbocycles. The van der Waals surface area contributed by atoms with E-state index >= 15 is 0 Å². The van der Waals surface area contributed by atoms with E-state index in [9.17, 15) is 14.7 Å². The molecule has 30 heavy (non-hydrogen) atoms. The number of carbonyl (C=O) groups excluding carboxylic acids is 2. The lowest BCUT2D eigenvalue weighted by molar-refractivity contribution is -0.168. The van der Waals surface area contributed by atoms with Crippen LogP contribution >= 0.6 is 0 Å². The molecule has 7 heteroatoms. The smallest absolute Gasteiger partial charge is 0.316 e. The maximum absolute atomic E-state index is 13.7. The number of hydrogen-bond donors (Lipinski definition) is 4. The van der Waals surface area contributed by atoms with Gasteiger partial charge >= 0.3 is 6.03 Å². The number of Topliss-reactive ketones (excluding diaryl/α,β-unsaturated/α-hetero) is 1. The van der Waals surface area contributed by atoms with Crippen LogP contribution in [0.25, 0.3) is 0 Å². The maximum Gasteiger partial charge on any atom is 0.316 e. The van der Waals surface area contributed by atoms with E-state index in [0.717, 1.165) is 5.56 Å². The van der Waals surface area contributed by atoms with Crippen LogP contribution in [0.1, 0.15) is 67.6 Å². The molecule has 4 rings (SSSR count). The minimum absolute atomic E-state index is 0.162. The van der Waals surface area contributed by atoms with Gasteiger partial charge in [-0.1, -0.05) is 38.1 Å². The number of amides is 2. The molecule has 2 unspecified atom stereocenters. The van der Waals surface area contributed by atoms with Gasteiger partial charge in [-0.2, -0.15) is 0 Å². The number of nitrogens with one attached hydrogen (secondary N) is 2. The Morgan fingerprint density at radius 3 is 2.50 bits per heavy atom. The molecule has 0 aromatic heterocycles. The average Bonchev–Trinajstić information content (AvgIpc) is 2.97. The first kappa shape index (κ1) is 20.2. The van der Waals surface area contributed by atoms with Crippen LogP contribution in [-0.4, -0.2) is 22.5 Å². The Kier molecular flexibility index (Phi) is 4.19. The number of nitrogen functional groups attached to an aromatic ring is 1. The van der Waals surface area contributed by atoms with Crippen molar-refractivity contribution < 1.29 is 19.4 Å². The molecule has 0 radical (unpaired) electrons. The van der Waals surface area contributed by atoms with E-state index in [1.165, 1.54) is 0 Å². The molecule has 2 aliphatic rings. The van der Waals surface area contributed by atoms with E-state index in [4.69, 9.17) is 10.5 Å². The number of fused-ring (bicyclic) bond motifs is 5. The lowest BCUT2D eigenvalue weighted by atomic mass is 9.82. The molecule has 0 fully saturated rings. The van der Waals surface area contributed by atoms with Gasteiger partial charge in [0.05, 0.1) is 5.56 Å². The van der Waals surface area contributed by atoms with E-state index in [1.54, 1.807) is 30.3 Å². The van der Waals surface area contributed by atoms with Crippen LogP contribution in [0.3, 0.4) is 0 Å². The quantitative estimate of drug-likeness (QED) is 0.569. The molecular weight excluding hydrogens is 382 g/mol. The van der Waals surface area contributed by atoms with Gasteiger partial charge in [-0.05, 0) is 44.4 Å². The molecule has 1 aliphatic heterocycles. The summed E-state index contributed by atoms with van der Waals surface area (Å²) in [5, 5.41) is 17.3. The van der Waals surface area contributed by atoms with Gasteiger partial charge in [0.25, 0.3) is 5.79 Å². The fraction of sp³-hybridized carbons (Fsp3) is 0.391. The Labute approximate surface area is 175 Å². The zero-order chi connectivity index (χ0) is 22.1. The number of nitrogens with two attached hydrogens (primary N) is 1. The highest BCUT2D eigenvalue weighted by Crippen LogP contribution is 2.59. The Morgan fingerprint density at radius 2 is 1.87 bits per heavy atom. The lowest BCUT2D eigenvalue weighted by Gasteiger charge is -2.35. The summed E-state index contributed by atoms with van der Waals surface area (Å²) in [5.74, 6) is -2.03. The van der Waals surface area contributed by atoms with Crippen molar-refractivity contribution in [3.8, 4) is 5.75 Å². The van der Waals surface area contributed by atoms with Crippen LogP contribution in [-0.2, 0) is 11.3 Å². The molecule has 0 bridgehead atoms. The Bertz CT molecular complexity index is 1070. The number of urea groups is 1. The molecule has 7 nitrogen and oxygen atoms in total. The lowest BCUT2D eigenvalue weighted by Crippen LogP contribution is -2.63. The second-order valence-electron chi connectivity index (χ2n) is 9.33. The van der Waals surface area contributed by atoms with E-state index in [2.05, 4.69) is 10.6 Å². The summed E-state index contributed by atoms with van der Waals surface area (Å²) in [5.41, 5.74) is 5.72. The van der Waals surface area contributed by atoms with Gasteiger partial charge in [0, 0.05) is 22.4 Å². The van der Waals surface area contributed by atoms with Crippen molar-refractivity contribution in [2.24, 2.45) is 0 Å². The second-order valence-corrected chi connectivity index (χ2v) is 9.33. The van der Waals surface area contributed by atoms with E-state index < -0.39 is 28.7 Å². The highest BCUT2D eigenvalue weighted by Gasteiger charge is 2.72. The van der Waals surface area contributed by atoms with Gasteiger partial charge in [-0.3, -0.25) is 4.79 Å². The molecule has 0 spiro atoms. The van der Waals surface area contributed by atoms with Crippen molar-refractivity contribution in [1.82, 2.24) is 10.6 Å². The summed E-state index contributed by atoms with van der Waals surface area (Å²) in [6.07, 6.45) is 0. The summed E-state index contributed by atoms with van der Waals surface area (Å²) in [7, 11) is 0. The van der Waals surface area contributed by atoms with Gasteiger partial charge in [-0.15, -0.1) is 0 Å². The Balaban J connectivity index is 1.93. The molecule has 1 aliphatic carbocycles. The van der Waals surface area contributed by atoms with Crippen LogP contribution in [0, 0.1) is 0 Å². The fourth-order valence-corrected chi connectivity index (χ4v) is 4.29. The van der Waals surface area contributed by atoms with Gasteiger partial charge in [0.1, 0.15) is 5.75 Å². The van der Waals surface area contributed by atoms with Crippen molar-refractivity contribution in [3.05, 3.63) is 58.7 Å². The van der Waals surface area contributed by atoms with Crippen LogP contribution in [0.2, 0.25) is 0 Å². The summed E-state index contributed by atoms with van der Waals surface area (Å²) < 4.78 is 6.03. The molecule has 5 N–H and O–H groups in total. The van der Waals surface area contributed by atoms with Crippen molar-refractivity contribution in [3.63, 3.8) is 0 Å². The monoisotopic (exact) mass is 409 g/mol. The van der Waals surface area contributed by atoms with E-state index in [0.29, 0.717) is 11.3 Å². The maximum atomic E-state index is 13.7. The van der Waals surface area contributed by atoms with E-state index in [-0.39, 0.29) is 22.7 Å². The minimum Gasteiger partial charge on any atom is -0.454 e. The molecular formula is C23H27N3O4. The van der Waals surface area contributed by atoms with Crippen molar-refractivity contribution in [2.75, 3.05) is 5.73 Å². The van der Waals surface area contributed by atoms with E-state index in [1.807, 2.05) is 40.7 Å². The van der Waals surface area contributed by atoms with Crippen LogP contribution < -0.4 is 21.1 Å². The molecule has 2 atom stereocenters. The first-order chi connectivity index (χ1) is 13.9. The predicted molar refractivity (Wildman–Crippen MR) is 113 cm³/mol. The number of ketones is 1. The summed E-state index contributed by atoms with van der Waals surface area (Å²) in [6.45, 7) is 9.56. The minimum atomic E-state index is -2.11. The number of hydrogen-bond acceptors (Lipinski definition) is 5. The molecule has 0 saturated carbocycles. The standard InChI is InChI=1S/C23H27N3O4/c1-12(2)13-9-10-14-17(11-13)30-23(29)15-7-6-8-16(24)18(15)19(27)22(14,23)26-20(28)25-21(3,4)5/h6-12,29H,24H2,1-5H3,(H2,25,26,28). The number of aliphatic hydroxyl groups is 1. The zero-order valence-electron chi connectivity index (χ0n) is 17.8. The highest BCUT2D eigenvalue weighted by molar-refractivity contribution is 6.15. The summed E-state index contributed by atoms with van der Waals surface area (Å²) in [4.78, 5) is 26.6. The first-order valence-corrected chi connectivity index (χ1v) is 10.0. The molecule has 2 aromatic rings. The van der Waals surface area contributed by atoms with Crippen LogP contribution in [0.15, 0.2) is 36.4 Å². The number of rotatable bonds is 2. The molecule has 0 saturated heterocycles. The molecule has 1 heterocycles. The van der Waals surface area contributed by atoms with Gasteiger partial charge in [-0.25, -0.2) is 4.79 Å². The Morgan fingerprint density at radius 1 is 1.17 bits per heavy atom. The topological polar surface area (TPSA) is 114 Å².